The van der Waals surface area contributed by atoms with Crippen molar-refractivity contribution in [2.24, 2.45) is 0 Å². The monoisotopic (exact) mass is 279 g/mol. The molecule has 5 heteroatoms. The Balaban J connectivity index is 1.73. The summed E-state index contributed by atoms with van der Waals surface area (Å²) in [6, 6.07) is 1.98. The summed E-state index contributed by atoms with van der Waals surface area (Å²) in [5, 5.41) is 0. The van der Waals surface area contributed by atoms with Crippen molar-refractivity contribution in [3.63, 3.8) is 0 Å². The smallest absolute Gasteiger partial charge is 0.0976 e. The summed E-state index contributed by atoms with van der Waals surface area (Å²) in [6.07, 6.45) is 2.15. The molecule has 0 bridgehead atoms. The SMILES string of the molecule is Clc1cc(CCCN2CCOCC2)c(Cl)s1. The van der Waals surface area contributed by atoms with E-state index in [1.807, 2.05) is 6.07 Å². The molecule has 1 aromatic rings. The van der Waals surface area contributed by atoms with Gasteiger partial charge in [-0.25, -0.2) is 0 Å². The highest BCUT2D eigenvalue weighted by Gasteiger charge is 2.10. The molecule has 0 N–H and O–H groups in total. The number of halogens is 2. The van der Waals surface area contributed by atoms with Crippen molar-refractivity contribution in [1.29, 1.82) is 0 Å². The summed E-state index contributed by atoms with van der Waals surface area (Å²) in [6.45, 7) is 4.96. The summed E-state index contributed by atoms with van der Waals surface area (Å²) < 4.78 is 6.93. The Hall–Kier alpha value is 0.200. The first-order chi connectivity index (χ1) is 7.75. The Bertz CT molecular complexity index is 337. The molecule has 0 unspecified atom stereocenters. The summed E-state index contributed by atoms with van der Waals surface area (Å²) in [4.78, 5) is 2.44. The number of ether oxygens (including phenoxy) is 1. The molecular weight excluding hydrogens is 265 g/mol. The minimum Gasteiger partial charge on any atom is -0.379 e. The summed E-state index contributed by atoms with van der Waals surface area (Å²) in [5.41, 5.74) is 1.19. The van der Waals surface area contributed by atoms with Crippen molar-refractivity contribution in [1.82, 2.24) is 4.90 Å². The molecule has 0 saturated carbocycles. The molecule has 0 atom stereocenters. The van der Waals surface area contributed by atoms with Gasteiger partial charge in [-0.2, -0.15) is 0 Å². The number of hydrogen-bond donors (Lipinski definition) is 0. The summed E-state index contributed by atoms with van der Waals surface area (Å²) >= 11 is 13.4. The van der Waals surface area contributed by atoms with E-state index in [9.17, 15) is 0 Å². The summed E-state index contributed by atoms with van der Waals surface area (Å²) in [7, 11) is 0. The van der Waals surface area contributed by atoms with Crippen LogP contribution in [0.5, 0.6) is 0 Å². The Labute approximate surface area is 110 Å². The predicted octanol–water partition coefficient (Wildman–Crippen LogP) is 3.32. The maximum absolute atomic E-state index is 6.07. The van der Waals surface area contributed by atoms with E-state index < -0.39 is 0 Å². The van der Waals surface area contributed by atoms with Gasteiger partial charge in [0.05, 0.1) is 21.9 Å². The lowest BCUT2D eigenvalue weighted by Crippen LogP contribution is -2.36. The molecule has 2 heterocycles. The van der Waals surface area contributed by atoms with Crippen LogP contribution < -0.4 is 0 Å². The fraction of sp³-hybridized carbons (Fsp3) is 0.636. The normalized spacial score (nSPS) is 17.9. The van der Waals surface area contributed by atoms with E-state index in [4.69, 9.17) is 27.9 Å². The second-order valence-electron chi connectivity index (χ2n) is 3.91. The Morgan fingerprint density at radius 2 is 2.06 bits per heavy atom. The van der Waals surface area contributed by atoms with Crippen molar-refractivity contribution >= 4 is 34.5 Å². The number of rotatable bonds is 4. The van der Waals surface area contributed by atoms with Gasteiger partial charge in [0.15, 0.2) is 0 Å². The van der Waals surface area contributed by atoms with Gasteiger partial charge in [0.25, 0.3) is 0 Å². The molecule has 1 aromatic heterocycles. The number of aryl methyl sites for hydroxylation is 1. The molecule has 0 radical (unpaired) electrons. The van der Waals surface area contributed by atoms with Gasteiger partial charge < -0.3 is 4.74 Å². The van der Waals surface area contributed by atoms with E-state index in [-0.39, 0.29) is 0 Å². The standard InChI is InChI=1S/C11H15Cl2NOS/c12-10-8-9(11(13)16-10)2-1-3-14-4-6-15-7-5-14/h8H,1-7H2. The molecule has 0 aromatic carbocycles. The first-order valence-electron chi connectivity index (χ1n) is 5.49. The van der Waals surface area contributed by atoms with Crippen LogP contribution in [0.2, 0.25) is 8.67 Å². The van der Waals surface area contributed by atoms with Gasteiger partial charge >= 0.3 is 0 Å². The molecule has 0 spiro atoms. The van der Waals surface area contributed by atoms with Crippen LogP contribution in [0.15, 0.2) is 6.07 Å². The van der Waals surface area contributed by atoms with E-state index in [2.05, 4.69) is 4.90 Å². The number of morpholine rings is 1. The molecular formula is C11H15Cl2NOS. The van der Waals surface area contributed by atoms with Crippen LogP contribution in [-0.2, 0) is 11.2 Å². The van der Waals surface area contributed by atoms with Crippen LogP contribution in [0.25, 0.3) is 0 Å². The van der Waals surface area contributed by atoms with E-state index in [1.54, 1.807) is 0 Å². The van der Waals surface area contributed by atoms with Gasteiger partial charge in [-0.15, -0.1) is 11.3 Å². The second-order valence-corrected chi connectivity index (χ2v) is 6.19. The van der Waals surface area contributed by atoms with Crippen LogP contribution in [0, 0.1) is 0 Å². The minimum absolute atomic E-state index is 0.784. The lowest BCUT2D eigenvalue weighted by molar-refractivity contribution is 0.0375. The third-order valence-electron chi connectivity index (χ3n) is 2.75. The Morgan fingerprint density at radius 1 is 1.31 bits per heavy atom. The average molecular weight is 280 g/mol. The van der Waals surface area contributed by atoms with Crippen LogP contribution in [0.3, 0.4) is 0 Å². The zero-order valence-corrected chi connectivity index (χ0v) is 11.4. The molecule has 0 aliphatic carbocycles. The number of thiophene rings is 1. The first kappa shape index (κ1) is 12.7. The molecule has 0 amide bonds. The minimum atomic E-state index is 0.784. The highest BCUT2D eigenvalue weighted by atomic mass is 35.5. The van der Waals surface area contributed by atoms with Gasteiger partial charge in [0, 0.05) is 13.1 Å². The van der Waals surface area contributed by atoms with E-state index in [0.29, 0.717) is 0 Å². The van der Waals surface area contributed by atoms with Crippen molar-refractivity contribution < 1.29 is 4.74 Å². The highest BCUT2D eigenvalue weighted by molar-refractivity contribution is 7.20. The molecule has 2 rings (SSSR count). The molecule has 1 aliphatic heterocycles. The van der Waals surface area contributed by atoms with E-state index >= 15 is 0 Å². The van der Waals surface area contributed by atoms with E-state index in [0.717, 1.165) is 54.4 Å². The average Bonchev–Trinajstić information content (AvgIpc) is 2.59. The number of nitrogens with zero attached hydrogens (tertiary/aromatic N) is 1. The predicted molar refractivity (Wildman–Crippen MR) is 69.9 cm³/mol. The fourth-order valence-electron chi connectivity index (χ4n) is 1.86. The van der Waals surface area contributed by atoms with Gasteiger partial charge in [0.1, 0.15) is 0 Å². The maximum Gasteiger partial charge on any atom is 0.0976 e. The largest absolute Gasteiger partial charge is 0.379 e. The van der Waals surface area contributed by atoms with Crippen molar-refractivity contribution in [2.45, 2.75) is 12.8 Å². The fourth-order valence-corrected chi connectivity index (χ4v) is 3.41. The van der Waals surface area contributed by atoms with Gasteiger partial charge in [-0.3, -0.25) is 4.90 Å². The Kier molecular flexibility index (Phi) is 4.92. The zero-order chi connectivity index (χ0) is 11.4. The maximum atomic E-state index is 6.07. The summed E-state index contributed by atoms with van der Waals surface area (Å²) in [5.74, 6) is 0. The van der Waals surface area contributed by atoms with Crippen molar-refractivity contribution in [3.8, 4) is 0 Å². The quantitative estimate of drug-likeness (QED) is 0.839. The molecule has 1 saturated heterocycles. The molecule has 2 nitrogen and oxygen atoms in total. The van der Waals surface area contributed by atoms with Gasteiger partial charge in [-0.05, 0) is 31.0 Å². The zero-order valence-electron chi connectivity index (χ0n) is 9.05. The molecule has 16 heavy (non-hydrogen) atoms. The van der Waals surface area contributed by atoms with Crippen molar-refractivity contribution in [2.75, 3.05) is 32.8 Å². The first-order valence-corrected chi connectivity index (χ1v) is 7.07. The van der Waals surface area contributed by atoms with Crippen LogP contribution in [-0.4, -0.2) is 37.7 Å². The van der Waals surface area contributed by atoms with Crippen LogP contribution in [0.1, 0.15) is 12.0 Å². The van der Waals surface area contributed by atoms with Gasteiger partial charge in [0.2, 0.25) is 0 Å². The number of hydrogen-bond acceptors (Lipinski definition) is 3. The molecule has 90 valence electrons. The van der Waals surface area contributed by atoms with Gasteiger partial charge in [-0.1, -0.05) is 23.2 Å². The molecule has 1 fully saturated rings. The lowest BCUT2D eigenvalue weighted by atomic mass is 10.2. The third kappa shape index (κ3) is 3.60. The Morgan fingerprint density at radius 3 is 2.69 bits per heavy atom. The van der Waals surface area contributed by atoms with Crippen LogP contribution in [0.4, 0.5) is 0 Å². The third-order valence-corrected chi connectivity index (χ3v) is 4.32. The topological polar surface area (TPSA) is 12.5 Å². The second kappa shape index (κ2) is 6.22. The van der Waals surface area contributed by atoms with Crippen molar-refractivity contribution in [3.05, 3.63) is 20.3 Å². The lowest BCUT2D eigenvalue weighted by Gasteiger charge is -2.26. The highest BCUT2D eigenvalue weighted by Crippen LogP contribution is 2.31. The molecule has 1 aliphatic rings. The van der Waals surface area contributed by atoms with Crippen LogP contribution >= 0.6 is 34.5 Å². The van der Waals surface area contributed by atoms with E-state index in [1.165, 1.54) is 16.9 Å².